The first-order valence-electron chi connectivity index (χ1n) is 10.1. The van der Waals surface area contributed by atoms with Crippen molar-refractivity contribution in [3.63, 3.8) is 0 Å². The molecule has 0 aromatic heterocycles. The molecule has 0 unspecified atom stereocenters. The van der Waals surface area contributed by atoms with E-state index in [0.717, 1.165) is 12.1 Å². The zero-order chi connectivity index (χ0) is 26.6. The standard InChI is InChI=1S/C24H14Cl4N4O4/c25-21(23(27)17-6-4-13(11-29)8-19(17)31(33)34)15-2-1-3-16(10-15)22(26)24(28)18-7-5-14(12-30)9-20(18)32(35)36/h1-10,21-24H/t21-,22-,23-,24+/m1/s1. The van der Waals surface area contributed by atoms with Gasteiger partial charge in [-0.3, -0.25) is 20.2 Å². The van der Waals surface area contributed by atoms with E-state index in [2.05, 4.69) is 0 Å². The molecule has 36 heavy (non-hydrogen) atoms. The number of hydrogen-bond acceptors (Lipinski definition) is 6. The smallest absolute Gasteiger partial charge is 0.258 e. The quantitative estimate of drug-likeness (QED) is 0.156. The highest BCUT2D eigenvalue weighted by molar-refractivity contribution is 6.31. The van der Waals surface area contributed by atoms with Crippen LogP contribution in [-0.2, 0) is 0 Å². The summed E-state index contributed by atoms with van der Waals surface area (Å²) in [6.45, 7) is 0. The predicted octanol–water partition coefficient (Wildman–Crippen LogP) is 7.77. The van der Waals surface area contributed by atoms with Crippen molar-refractivity contribution in [2.24, 2.45) is 0 Å². The Kier molecular flexibility index (Phi) is 8.73. The van der Waals surface area contributed by atoms with Gasteiger partial charge in [0.25, 0.3) is 11.4 Å². The van der Waals surface area contributed by atoms with Gasteiger partial charge in [-0.05, 0) is 35.4 Å². The lowest BCUT2D eigenvalue weighted by atomic mass is 9.96. The average Bonchev–Trinajstić information content (AvgIpc) is 2.90. The van der Waals surface area contributed by atoms with Gasteiger partial charge in [0.2, 0.25) is 0 Å². The molecule has 0 amide bonds. The van der Waals surface area contributed by atoms with Gasteiger partial charge in [0.1, 0.15) is 0 Å². The summed E-state index contributed by atoms with van der Waals surface area (Å²) in [6, 6.07) is 18.1. The van der Waals surface area contributed by atoms with Crippen LogP contribution in [0.1, 0.15) is 54.9 Å². The first-order chi connectivity index (χ1) is 17.1. The van der Waals surface area contributed by atoms with E-state index in [0.29, 0.717) is 11.1 Å². The number of alkyl halides is 4. The van der Waals surface area contributed by atoms with Crippen molar-refractivity contribution in [3.8, 4) is 12.1 Å². The van der Waals surface area contributed by atoms with Crippen LogP contribution in [-0.4, -0.2) is 9.85 Å². The SMILES string of the molecule is N#Cc1ccc([C@@H](Cl)[C@H](Cl)c2cccc([C@@H](Cl)[C@@H](Cl)c3ccc(C#N)cc3[N+](=O)[O-])c2)c([N+](=O)[O-])c1. The highest BCUT2D eigenvalue weighted by atomic mass is 35.5. The van der Waals surface area contributed by atoms with Gasteiger partial charge in [0.15, 0.2) is 0 Å². The number of rotatable bonds is 8. The molecule has 0 heterocycles. The Bertz CT molecular complexity index is 1320. The molecule has 3 aromatic rings. The molecule has 0 aliphatic carbocycles. The number of halogens is 4. The largest absolute Gasteiger partial charge is 0.275 e. The summed E-state index contributed by atoms with van der Waals surface area (Å²) < 4.78 is 0. The van der Waals surface area contributed by atoms with Crippen LogP contribution in [0.2, 0.25) is 0 Å². The molecular formula is C24H14Cl4N4O4. The fourth-order valence-electron chi connectivity index (χ4n) is 3.56. The molecule has 3 rings (SSSR count). The van der Waals surface area contributed by atoms with E-state index in [1.165, 1.54) is 24.3 Å². The lowest BCUT2D eigenvalue weighted by Gasteiger charge is -2.21. The van der Waals surface area contributed by atoms with E-state index in [1.54, 1.807) is 24.3 Å². The second kappa shape index (κ2) is 11.6. The maximum atomic E-state index is 11.5. The van der Waals surface area contributed by atoms with Crippen LogP contribution in [0, 0.1) is 42.9 Å². The molecule has 0 spiro atoms. The third-order valence-electron chi connectivity index (χ3n) is 5.37. The molecule has 3 aromatic carbocycles. The van der Waals surface area contributed by atoms with E-state index in [9.17, 15) is 20.2 Å². The summed E-state index contributed by atoms with van der Waals surface area (Å²) in [5.74, 6) is 0. The van der Waals surface area contributed by atoms with Gasteiger partial charge in [-0.2, -0.15) is 10.5 Å². The van der Waals surface area contributed by atoms with Crippen LogP contribution in [0.15, 0.2) is 60.7 Å². The van der Waals surface area contributed by atoms with Crippen LogP contribution >= 0.6 is 46.4 Å². The molecule has 0 fully saturated rings. The van der Waals surface area contributed by atoms with Crippen LogP contribution in [0.3, 0.4) is 0 Å². The Morgan fingerprint density at radius 2 is 1.03 bits per heavy atom. The average molecular weight is 564 g/mol. The first kappa shape index (κ1) is 27.2. The van der Waals surface area contributed by atoms with Crippen molar-refractivity contribution in [2.45, 2.75) is 21.5 Å². The Labute approximate surface area is 225 Å². The summed E-state index contributed by atoms with van der Waals surface area (Å²) in [4.78, 5) is 21.8. The number of nitrogens with zero attached hydrogens (tertiary/aromatic N) is 4. The number of nitriles is 2. The number of nitro benzene ring substituents is 2. The number of nitro groups is 2. The Hall–Kier alpha value is -3.40. The molecule has 0 aliphatic rings. The fourth-order valence-corrected chi connectivity index (χ4v) is 4.77. The lowest BCUT2D eigenvalue weighted by molar-refractivity contribution is -0.385. The van der Waals surface area contributed by atoms with Crippen molar-refractivity contribution >= 4 is 57.8 Å². The maximum Gasteiger partial charge on any atom is 0.275 e. The highest BCUT2D eigenvalue weighted by Gasteiger charge is 2.31. The third kappa shape index (κ3) is 5.70. The molecule has 0 bridgehead atoms. The van der Waals surface area contributed by atoms with E-state index in [-0.39, 0.29) is 33.6 Å². The van der Waals surface area contributed by atoms with Gasteiger partial charge in [-0.1, -0.05) is 24.3 Å². The zero-order valence-electron chi connectivity index (χ0n) is 18.0. The molecule has 4 atom stereocenters. The molecule has 12 heteroatoms. The van der Waals surface area contributed by atoms with Gasteiger partial charge in [0.05, 0.1) is 54.6 Å². The minimum atomic E-state index is -1.03. The summed E-state index contributed by atoms with van der Waals surface area (Å²) in [5.41, 5.74) is 0.789. The van der Waals surface area contributed by atoms with E-state index < -0.39 is 31.4 Å². The van der Waals surface area contributed by atoms with Gasteiger partial charge in [-0.15, -0.1) is 46.4 Å². The van der Waals surface area contributed by atoms with Gasteiger partial charge < -0.3 is 0 Å². The summed E-state index contributed by atoms with van der Waals surface area (Å²) in [6.07, 6.45) is 0. The Morgan fingerprint density at radius 3 is 1.36 bits per heavy atom. The maximum absolute atomic E-state index is 11.5. The Morgan fingerprint density at radius 1 is 0.639 bits per heavy atom. The molecule has 0 N–H and O–H groups in total. The number of hydrogen-bond donors (Lipinski definition) is 0. The van der Waals surface area contributed by atoms with Gasteiger partial charge in [-0.25, -0.2) is 0 Å². The fraction of sp³-hybridized carbons (Fsp3) is 0.167. The summed E-state index contributed by atoms with van der Waals surface area (Å²) in [7, 11) is 0. The zero-order valence-corrected chi connectivity index (χ0v) is 21.0. The van der Waals surface area contributed by atoms with E-state index in [4.69, 9.17) is 56.9 Å². The van der Waals surface area contributed by atoms with Crippen LogP contribution in [0.5, 0.6) is 0 Å². The van der Waals surface area contributed by atoms with Gasteiger partial charge >= 0.3 is 0 Å². The molecule has 182 valence electrons. The molecule has 0 radical (unpaired) electrons. The minimum Gasteiger partial charge on any atom is -0.258 e. The van der Waals surface area contributed by atoms with Crippen molar-refractivity contribution < 1.29 is 9.85 Å². The number of benzene rings is 3. The normalized spacial score (nSPS) is 14.1. The van der Waals surface area contributed by atoms with Crippen molar-refractivity contribution in [2.75, 3.05) is 0 Å². The monoisotopic (exact) mass is 562 g/mol. The van der Waals surface area contributed by atoms with Crippen LogP contribution in [0.25, 0.3) is 0 Å². The van der Waals surface area contributed by atoms with Gasteiger partial charge in [0, 0.05) is 23.3 Å². The Balaban J connectivity index is 1.93. The first-order valence-corrected chi connectivity index (χ1v) is 11.9. The molecular weight excluding hydrogens is 550 g/mol. The van der Waals surface area contributed by atoms with Crippen molar-refractivity contribution in [3.05, 3.63) is 114 Å². The topological polar surface area (TPSA) is 134 Å². The van der Waals surface area contributed by atoms with E-state index >= 15 is 0 Å². The molecule has 0 saturated carbocycles. The summed E-state index contributed by atoms with van der Waals surface area (Å²) in [5, 5.41) is 37.2. The van der Waals surface area contributed by atoms with Crippen molar-refractivity contribution in [1.82, 2.24) is 0 Å². The van der Waals surface area contributed by atoms with Crippen molar-refractivity contribution in [1.29, 1.82) is 10.5 Å². The van der Waals surface area contributed by atoms with Crippen LogP contribution in [0.4, 0.5) is 11.4 Å². The summed E-state index contributed by atoms with van der Waals surface area (Å²) >= 11 is 26.3. The predicted molar refractivity (Wildman–Crippen MR) is 136 cm³/mol. The third-order valence-corrected chi connectivity index (χ3v) is 7.61. The molecule has 8 nitrogen and oxygen atoms in total. The second-order valence-electron chi connectivity index (χ2n) is 7.56. The molecule has 0 saturated heterocycles. The second-order valence-corrected chi connectivity index (χ2v) is 9.44. The lowest BCUT2D eigenvalue weighted by Crippen LogP contribution is -2.07. The van der Waals surface area contributed by atoms with Crippen LogP contribution < -0.4 is 0 Å². The van der Waals surface area contributed by atoms with E-state index in [1.807, 2.05) is 12.1 Å². The minimum absolute atomic E-state index is 0.109. The highest BCUT2D eigenvalue weighted by Crippen LogP contribution is 2.46. The molecule has 0 aliphatic heterocycles.